The van der Waals surface area contributed by atoms with Gasteiger partial charge in [0.2, 0.25) is 0 Å². The third-order valence-electron chi connectivity index (χ3n) is 4.64. The minimum absolute atomic E-state index is 0.101. The van der Waals surface area contributed by atoms with Gasteiger partial charge in [-0.3, -0.25) is 4.79 Å². The summed E-state index contributed by atoms with van der Waals surface area (Å²) in [5.74, 6) is 0.257. The number of nitrogens with one attached hydrogen (secondary N) is 1. The smallest absolute Gasteiger partial charge is 0.251 e. The molecule has 5 heteroatoms. The van der Waals surface area contributed by atoms with Crippen molar-refractivity contribution in [3.05, 3.63) is 63.4 Å². The number of nitrogens with zero attached hydrogens (tertiary/aromatic N) is 1. The summed E-state index contributed by atoms with van der Waals surface area (Å²) in [6.07, 6.45) is 3.33. The highest BCUT2D eigenvalue weighted by atomic mass is 35.5. The summed E-state index contributed by atoms with van der Waals surface area (Å²) in [6, 6.07) is 9.73. The molecule has 3 N–H and O–H groups in total. The Labute approximate surface area is 147 Å². The van der Waals surface area contributed by atoms with E-state index in [1.807, 2.05) is 31.2 Å². The molecule has 24 heavy (non-hydrogen) atoms. The average molecular weight is 344 g/mol. The van der Waals surface area contributed by atoms with Crippen LogP contribution in [0.3, 0.4) is 0 Å². The molecule has 0 fully saturated rings. The predicted molar refractivity (Wildman–Crippen MR) is 96.3 cm³/mol. The highest BCUT2D eigenvalue weighted by Crippen LogP contribution is 2.31. The molecule has 4 nitrogen and oxygen atoms in total. The Kier molecular flexibility index (Phi) is 5.17. The molecular weight excluding hydrogens is 322 g/mol. The van der Waals surface area contributed by atoms with Crippen LogP contribution in [-0.2, 0) is 13.0 Å². The first-order valence-corrected chi connectivity index (χ1v) is 8.69. The number of aromatic nitrogens is 1. The summed E-state index contributed by atoms with van der Waals surface area (Å²) in [7, 11) is 0. The van der Waals surface area contributed by atoms with Crippen LogP contribution in [0.4, 0.5) is 0 Å². The monoisotopic (exact) mass is 343 g/mol. The van der Waals surface area contributed by atoms with Gasteiger partial charge in [-0.15, -0.1) is 0 Å². The molecule has 0 saturated heterocycles. The number of aryl methyl sites for hydroxylation is 2. The molecule has 0 radical (unpaired) electrons. The fraction of sp³-hybridized carbons (Fsp3) is 0.368. The summed E-state index contributed by atoms with van der Waals surface area (Å²) in [6.45, 7) is 2.88. The number of carbonyl (C=O) groups is 1. The molecule has 0 saturated carbocycles. The molecule has 0 aliphatic heterocycles. The third kappa shape index (κ3) is 3.60. The highest BCUT2D eigenvalue weighted by molar-refractivity contribution is 6.30. The van der Waals surface area contributed by atoms with Crippen molar-refractivity contribution in [2.75, 3.05) is 6.54 Å². The largest absolute Gasteiger partial charge is 0.348 e. The van der Waals surface area contributed by atoms with Crippen LogP contribution < -0.4 is 11.1 Å². The average Bonchev–Trinajstić information content (AvgIpc) is 2.59. The summed E-state index contributed by atoms with van der Waals surface area (Å²) in [5.41, 5.74) is 10.8. The summed E-state index contributed by atoms with van der Waals surface area (Å²) in [4.78, 5) is 16.7. The van der Waals surface area contributed by atoms with E-state index in [1.165, 1.54) is 17.5 Å². The standard InChI is InChI=1S/C19H22ClN3O/c1-12-5-6-16(18(20)23-12)11-22-19(24)14-8-7-13-3-2-4-15(10-21)17(13)9-14/h5-9,15H,2-4,10-11,21H2,1H3,(H,22,24). The zero-order valence-electron chi connectivity index (χ0n) is 13.8. The van der Waals surface area contributed by atoms with Gasteiger partial charge in [0.05, 0.1) is 0 Å². The van der Waals surface area contributed by atoms with E-state index in [9.17, 15) is 4.79 Å². The summed E-state index contributed by atoms with van der Waals surface area (Å²) < 4.78 is 0. The van der Waals surface area contributed by atoms with Crippen molar-refractivity contribution in [3.8, 4) is 0 Å². The van der Waals surface area contributed by atoms with Crippen LogP contribution in [0.25, 0.3) is 0 Å². The number of rotatable bonds is 4. The first kappa shape index (κ1) is 16.9. The van der Waals surface area contributed by atoms with Crippen LogP contribution in [0.1, 0.15) is 51.5 Å². The van der Waals surface area contributed by atoms with Gasteiger partial charge in [-0.25, -0.2) is 4.98 Å². The summed E-state index contributed by atoms with van der Waals surface area (Å²) >= 11 is 6.12. The number of hydrogen-bond acceptors (Lipinski definition) is 3. The lowest BCUT2D eigenvalue weighted by molar-refractivity contribution is 0.0950. The van der Waals surface area contributed by atoms with Crippen molar-refractivity contribution in [1.82, 2.24) is 10.3 Å². The Morgan fingerprint density at radius 3 is 2.96 bits per heavy atom. The molecule has 1 amide bonds. The second-order valence-corrected chi connectivity index (χ2v) is 6.68. The minimum atomic E-state index is -0.101. The van der Waals surface area contributed by atoms with Gasteiger partial charge >= 0.3 is 0 Å². The zero-order chi connectivity index (χ0) is 17.1. The molecule has 1 aliphatic rings. The van der Waals surface area contributed by atoms with E-state index in [4.69, 9.17) is 17.3 Å². The molecule has 1 aromatic heterocycles. The Bertz CT molecular complexity index is 760. The van der Waals surface area contributed by atoms with Gasteiger partial charge in [0.1, 0.15) is 5.15 Å². The molecule has 1 unspecified atom stereocenters. The van der Waals surface area contributed by atoms with Crippen molar-refractivity contribution in [1.29, 1.82) is 0 Å². The number of benzene rings is 1. The molecule has 2 aromatic rings. The number of halogens is 1. The van der Waals surface area contributed by atoms with E-state index in [0.717, 1.165) is 24.1 Å². The van der Waals surface area contributed by atoms with E-state index in [1.54, 1.807) is 0 Å². The fourth-order valence-electron chi connectivity index (χ4n) is 3.25. The Balaban J connectivity index is 1.73. The normalized spacial score (nSPS) is 16.5. The van der Waals surface area contributed by atoms with Crippen molar-refractivity contribution >= 4 is 17.5 Å². The van der Waals surface area contributed by atoms with E-state index < -0.39 is 0 Å². The van der Waals surface area contributed by atoms with Gasteiger partial charge < -0.3 is 11.1 Å². The Morgan fingerprint density at radius 2 is 2.21 bits per heavy atom. The van der Waals surface area contributed by atoms with Gasteiger partial charge in [0, 0.05) is 23.4 Å². The Morgan fingerprint density at radius 1 is 1.38 bits per heavy atom. The number of pyridine rings is 1. The van der Waals surface area contributed by atoms with Crippen molar-refractivity contribution < 1.29 is 4.79 Å². The van der Waals surface area contributed by atoms with E-state index >= 15 is 0 Å². The lowest BCUT2D eigenvalue weighted by Gasteiger charge is -2.24. The van der Waals surface area contributed by atoms with Crippen molar-refractivity contribution in [3.63, 3.8) is 0 Å². The summed E-state index contributed by atoms with van der Waals surface area (Å²) in [5, 5.41) is 3.35. The van der Waals surface area contributed by atoms with Gasteiger partial charge in [-0.1, -0.05) is 23.7 Å². The minimum Gasteiger partial charge on any atom is -0.348 e. The lowest BCUT2D eigenvalue weighted by Crippen LogP contribution is -2.24. The van der Waals surface area contributed by atoms with Crippen LogP contribution in [0.15, 0.2) is 30.3 Å². The van der Waals surface area contributed by atoms with Gasteiger partial charge in [0.25, 0.3) is 5.91 Å². The van der Waals surface area contributed by atoms with Crippen LogP contribution in [0, 0.1) is 6.92 Å². The topological polar surface area (TPSA) is 68.0 Å². The molecule has 3 rings (SSSR count). The van der Waals surface area contributed by atoms with Gasteiger partial charge in [-0.05, 0) is 68.0 Å². The Hall–Kier alpha value is -1.91. The maximum atomic E-state index is 12.5. The molecule has 1 atom stereocenters. The van der Waals surface area contributed by atoms with E-state index in [-0.39, 0.29) is 5.91 Å². The molecule has 1 aliphatic carbocycles. The van der Waals surface area contributed by atoms with Gasteiger partial charge in [0.15, 0.2) is 0 Å². The molecule has 126 valence electrons. The predicted octanol–water partition coefficient (Wildman–Crippen LogP) is 3.35. The van der Waals surface area contributed by atoms with Crippen molar-refractivity contribution in [2.45, 2.75) is 38.6 Å². The maximum absolute atomic E-state index is 12.5. The first-order valence-electron chi connectivity index (χ1n) is 8.31. The number of nitrogens with two attached hydrogens (primary N) is 1. The third-order valence-corrected chi connectivity index (χ3v) is 4.96. The van der Waals surface area contributed by atoms with Crippen molar-refractivity contribution in [2.24, 2.45) is 5.73 Å². The van der Waals surface area contributed by atoms with E-state index in [2.05, 4.69) is 16.4 Å². The second kappa shape index (κ2) is 7.32. The molecule has 0 bridgehead atoms. The highest BCUT2D eigenvalue weighted by Gasteiger charge is 2.20. The number of fused-ring (bicyclic) bond motifs is 1. The van der Waals surface area contributed by atoms with Gasteiger partial charge in [-0.2, -0.15) is 0 Å². The van der Waals surface area contributed by atoms with Crippen LogP contribution in [0.2, 0.25) is 5.15 Å². The molecule has 0 spiro atoms. The number of hydrogen-bond donors (Lipinski definition) is 2. The van der Waals surface area contributed by atoms with E-state index in [0.29, 0.717) is 29.7 Å². The molecule has 1 aromatic carbocycles. The SMILES string of the molecule is Cc1ccc(CNC(=O)c2ccc3c(c2)C(CN)CCC3)c(Cl)n1. The molecular formula is C19H22ClN3O. The number of carbonyl (C=O) groups excluding carboxylic acids is 1. The number of amides is 1. The van der Waals surface area contributed by atoms with Crippen LogP contribution in [0.5, 0.6) is 0 Å². The lowest BCUT2D eigenvalue weighted by atomic mass is 9.82. The first-order chi connectivity index (χ1) is 11.6. The fourth-order valence-corrected chi connectivity index (χ4v) is 3.51. The zero-order valence-corrected chi connectivity index (χ0v) is 14.6. The van der Waals surface area contributed by atoms with Crippen LogP contribution >= 0.6 is 11.6 Å². The quantitative estimate of drug-likeness (QED) is 0.836. The van der Waals surface area contributed by atoms with Crippen LogP contribution in [-0.4, -0.2) is 17.4 Å². The second-order valence-electron chi connectivity index (χ2n) is 6.32. The molecule has 1 heterocycles. The maximum Gasteiger partial charge on any atom is 0.251 e.